The van der Waals surface area contributed by atoms with Crippen LogP contribution in [0.25, 0.3) is 0 Å². The smallest absolute Gasteiger partial charge is 0.326 e. The van der Waals surface area contributed by atoms with Gasteiger partial charge in [-0.05, 0) is 20.3 Å². The van der Waals surface area contributed by atoms with E-state index in [2.05, 4.69) is 5.32 Å². The van der Waals surface area contributed by atoms with Crippen LogP contribution in [0.15, 0.2) is 0 Å². The molecule has 1 aliphatic heterocycles. The van der Waals surface area contributed by atoms with Crippen molar-refractivity contribution < 1.29 is 19.4 Å². The Morgan fingerprint density at radius 3 is 2.65 bits per heavy atom. The second-order valence-corrected chi connectivity index (χ2v) is 4.77. The monoisotopic (exact) mass is 244 g/mol. The molecule has 2 N–H and O–H groups in total. The summed E-state index contributed by atoms with van der Waals surface area (Å²) in [5.41, 5.74) is -0.404. The topological polar surface area (TPSA) is 78.9 Å². The Labute approximate surface area is 101 Å². The van der Waals surface area contributed by atoms with Gasteiger partial charge < -0.3 is 20.1 Å². The lowest BCUT2D eigenvalue weighted by atomic mass is 10.0. The first-order valence-electron chi connectivity index (χ1n) is 5.77. The number of amides is 2. The molecule has 1 fully saturated rings. The number of carbonyl (C=O) groups is 2. The molecule has 0 aromatic carbocycles. The minimum atomic E-state index is -1.01. The average Bonchev–Trinajstić information content (AvgIpc) is 2.24. The van der Waals surface area contributed by atoms with Gasteiger partial charge in [0.05, 0.1) is 18.8 Å². The van der Waals surface area contributed by atoms with Crippen molar-refractivity contribution in [3.8, 4) is 0 Å². The summed E-state index contributed by atoms with van der Waals surface area (Å²) in [6.45, 7) is 6.95. The maximum absolute atomic E-state index is 12.0. The van der Waals surface area contributed by atoms with Crippen LogP contribution in [0.3, 0.4) is 0 Å². The highest BCUT2D eigenvalue weighted by Gasteiger charge is 2.35. The number of ether oxygens (including phenoxy) is 1. The fraction of sp³-hybridized carbons (Fsp3) is 0.818. The molecule has 1 aliphatic rings. The van der Waals surface area contributed by atoms with Crippen molar-refractivity contribution in [3.63, 3.8) is 0 Å². The van der Waals surface area contributed by atoms with Crippen molar-refractivity contribution in [2.45, 2.75) is 38.8 Å². The Bertz CT molecular complexity index is 304. The van der Waals surface area contributed by atoms with Crippen LogP contribution in [-0.4, -0.2) is 53.3 Å². The summed E-state index contributed by atoms with van der Waals surface area (Å²) in [5.74, 6) is -1.01. The van der Waals surface area contributed by atoms with Crippen LogP contribution in [0.5, 0.6) is 0 Å². The Morgan fingerprint density at radius 2 is 2.18 bits per heavy atom. The predicted octanol–water partition coefficient (Wildman–Crippen LogP) is 0.670. The van der Waals surface area contributed by atoms with Crippen molar-refractivity contribution in [2.75, 3.05) is 19.8 Å². The molecule has 0 aliphatic carbocycles. The number of morpholine rings is 1. The summed E-state index contributed by atoms with van der Waals surface area (Å²) in [5, 5.41) is 11.4. The Morgan fingerprint density at radius 1 is 1.53 bits per heavy atom. The molecule has 0 radical (unpaired) electrons. The molecule has 0 saturated carbocycles. The molecule has 1 heterocycles. The predicted molar refractivity (Wildman–Crippen MR) is 61.9 cm³/mol. The van der Waals surface area contributed by atoms with Crippen LogP contribution in [0.4, 0.5) is 4.79 Å². The van der Waals surface area contributed by atoms with Gasteiger partial charge in [-0.15, -0.1) is 0 Å². The van der Waals surface area contributed by atoms with E-state index in [1.807, 2.05) is 13.8 Å². The van der Waals surface area contributed by atoms with Crippen molar-refractivity contribution in [1.29, 1.82) is 0 Å². The van der Waals surface area contributed by atoms with Crippen molar-refractivity contribution >= 4 is 12.0 Å². The molecule has 0 bridgehead atoms. The van der Waals surface area contributed by atoms with Gasteiger partial charge in [0, 0.05) is 6.54 Å². The van der Waals surface area contributed by atoms with E-state index in [4.69, 9.17) is 9.84 Å². The molecule has 2 amide bonds. The zero-order chi connectivity index (χ0) is 13.1. The molecule has 17 heavy (non-hydrogen) atoms. The van der Waals surface area contributed by atoms with Crippen LogP contribution in [0.2, 0.25) is 0 Å². The number of carboxylic acids is 1. The number of aliphatic carboxylic acids is 1. The summed E-state index contributed by atoms with van der Waals surface area (Å²) in [4.78, 5) is 24.5. The summed E-state index contributed by atoms with van der Waals surface area (Å²) in [6.07, 6.45) is 0.367. The molecular weight excluding hydrogens is 224 g/mol. The van der Waals surface area contributed by atoms with E-state index in [9.17, 15) is 9.59 Å². The standard InChI is InChI=1S/C11H20N2O4/c1-4-8(9(14)15)12-10(16)13-5-6-17-7-11(13,2)3/h8H,4-7H2,1-3H3,(H,12,16)(H,14,15)/t8-/m0/s1. The zero-order valence-electron chi connectivity index (χ0n) is 10.5. The van der Waals surface area contributed by atoms with Crippen LogP contribution < -0.4 is 5.32 Å². The van der Waals surface area contributed by atoms with E-state index in [1.54, 1.807) is 11.8 Å². The van der Waals surface area contributed by atoms with Crippen molar-refractivity contribution in [3.05, 3.63) is 0 Å². The van der Waals surface area contributed by atoms with E-state index in [1.165, 1.54) is 0 Å². The Hall–Kier alpha value is -1.30. The second-order valence-electron chi connectivity index (χ2n) is 4.77. The van der Waals surface area contributed by atoms with Crippen LogP contribution in [0.1, 0.15) is 27.2 Å². The van der Waals surface area contributed by atoms with Crippen LogP contribution in [0, 0.1) is 0 Å². The fourth-order valence-corrected chi connectivity index (χ4v) is 1.80. The van der Waals surface area contributed by atoms with Gasteiger partial charge >= 0.3 is 12.0 Å². The van der Waals surface area contributed by atoms with Gasteiger partial charge in [-0.2, -0.15) is 0 Å². The second kappa shape index (κ2) is 5.35. The van der Waals surface area contributed by atoms with E-state index >= 15 is 0 Å². The zero-order valence-corrected chi connectivity index (χ0v) is 10.5. The van der Waals surface area contributed by atoms with Gasteiger partial charge in [-0.3, -0.25) is 0 Å². The number of hydrogen-bond donors (Lipinski definition) is 2. The molecule has 1 rings (SSSR count). The van der Waals surface area contributed by atoms with Gasteiger partial charge in [0.2, 0.25) is 0 Å². The van der Waals surface area contributed by atoms with Gasteiger partial charge in [-0.25, -0.2) is 9.59 Å². The summed E-state index contributed by atoms with van der Waals surface area (Å²) in [7, 11) is 0. The van der Waals surface area contributed by atoms with Gasteiger partial charge in [-0.1, -0.05) is 6.92 Å². The number of rotatable bonds is 3. The minimum Gasteiger partial charge on any atom is -0.480 e. The molecule has 0 unspecified atom stereocenters. The normalized spacial score (nSPS) is 20.8. The number of nitrogens with one attached hydrogen (secondary N) is 1. The summed E-state index contributed by atoms with van der Waals surface area (Å²) >= 11 is 0. The lowest BCUT2D eigenvalue weighted by Gasteiger charge is -2.42. The third-order valence-corrected chi connectivity index (χ3v) is 2.89. The fourth-order valence-electron chi connectivity index (χ4n) is 1.80. The third kappa shape index (κ3) is 3.33. The lowest BCUT2D eigenvalue weighted by Crippen LogP contribution is -2.60. The molecule has 6 nitrogen and oxygen atoms in total. The molecule has 1 atom stereocenters. The summed E-state index contributed by atoms with van der Waals surface area (Å²) in [6, 6.07) is -1.17. The van der Waals surface area contributed by atoms with Gasteiger partial charge in [0.1, 0.15) is 6.04 Å². The van der Waals surface area contributed by atoms with E-state index in [-0.39, 0.29) is 6.03 Å². The first-order valence-corrected chi connectivity index (χ1v) is 5.77. The molecule has 98 valence electrons. The highest BCUT2D eigenvalue weighted by molar-refractivity contribution is 5.82. The molecule has 0 aromatic heterocycles. The van der Waals surface area contributed by atoms with Gasteiger partial charge in [0.15, 0.2) is 0 Å². The van der Waals surface area contributed by atoms with Crippen LogP contribution >= 0.6 is 0 Å². The van der Waals surface area contributed by atoms with Crippen molar-refractivity contribution in [2.24, 2.45) is 0 Å². The lowest BCUT2D eigenvalue weighted by molar-refractivity contribution is -0.139. The number of carboxylic acid groups (broad SMARTS) is 1. The number of urea groups is 1. The minimum absolute atomic E-state index is 0.340. The molecule has 6 heteroatoms. The van der Waals surface area contributed by atoms with Crippen molar-refractivity contribution in [1.82, 2.24) is 10.2 Å². The third-order valence-electron chi connectivity index (χ3n) is 2.89. The van der Waals surface area contributed by atoms with E-state index in [0.29, 0.717) is 26.2 Å². The first kappa shape index (κ1) is 13.8. The van der Waals surface area contributed by atoms with Crippen LogP contribution in [-0.2, 0) is 9.53 Å². The summed E-state index contributed by atoms with van der Waals surface area (Å²) < 4.78 is 5.31. The first-order chi connectivity index (χ1) is 7.88. The number of hydrogen-bond acceptors (Lipinski definition) is 3. The quantitative estimate of drug-likeness (QED) is 0.764. The largest absolute Gasteiger partial charge is 0.480 e. The molecule has 0 spiro atoms. The maximum Gasteiger partial charge on any atom is 0.326 e. The van der Waals surface area contributed by atoms with E-state index in [0.717, 1.165) is 0 Å². The molecular formula is C11H20N2O4. The molecule has 0 aromatic rings. The highest BCUT2D eigenvalue weighted by Crippen LogP contribution is 2.18. The maximum atomic E-state index is 12.0. The highest BCUT2D eigenvalue weighted by atomic mass is 16.5. The number of carbonyl (C=O) groups excluding carboxylic acids is 1. The average molecular weight is 244 g/mol. The Balaban J connectivity index is 2.65. The SMILES string of the molecule is CC[C@H](NC(=O)N1CCOCC1(C)C)C(=O)O. The van der Waals surface area contributed by atoms with Gasteiger partial charge in [0.25, 0.3) is 0 Å². The molecule has 1 saturated heterocycles. The Kier molecular flexibility index (Phi) is 4.34. The number of nitrogens with zero attached hydrogens (tertiary/aromatic N) is 1. The van der Waals surface area contributed by atoms with E-state index < -0.39 is 17.6 Å².